The first-order valence-electron chi connectivity index (χ1n) is 6.36. The van der Waals surface area contributed by atoms with Gasteiger partial charge in [0.05, 0.1) is 9.92 Å². The minimum Gasteiger partial charge on any atom is -0.433 e. The molecule has 118 valence electrons. The third kappa shape index (κ3) is 4.50. The molecular formula is C12H15ClF2N2O3S. The molecule has 0 saturated carbocycles. The summed E-state index contributed by atoms with van der Waals surface area (Å²) in [6.45, 7) is -1.60. The molecule has 1 aliphatic heterocycles. The summed E-state index contributed by atoms with van der Waals surface area (Å²) in [5.41, 5.74) is 0. The molecule has 0 radical (unpaired) electrons. The van der Waals surface area contributed by atoms with E-state index in [1.807, 2.05) is 0 Å². The predicted molar refractivity (Wildman–Crippen MR) is 74.3 cm³/mol. The summed E-state index contributed by atoms with van der Waals surface area (Å²) >= 11 is 5.76. The van der Waals surface area contributed by atoms with E-state index in [1.165, 1.54) is 6.07 Å². The van der Waals surface area contributed by atoms with Gasteiger partial charge in [-0.05, 0) is 37.6 Å². The smallest absolute Gasteiger partial charge is 0.387 e. The summed E-state index contributed by atoms with van der Waals surface area (Å²) in [4.78, 5) is -0.0836. The number of halogens is 3. The lowest BCUT2D eigenvalue weighted by Crippen LogP contribution is -2.45. The number of piperidine rings is 1. The van der Waals surface area contributed by atoms with Crippen molar-refractivity contribution in [2.45, 2.75) is 30.4 Å². The minimum atomic E-state index is -3.75. The van der Waals surface area contributed by atoms with Gasteiger partial charge in [-0.1, -0.05) is 11.6 Å². The Labute approximate surface area is 126 Å². The largest absolute Gasteiger partial charge is 0.433 e. The van der Waals surface area contributed by atoms with E-state index >= 15 is 0 Å². The van der Waals surface area contributed by atoms with Crippen LogP contribution in [0.3, 0.4) is 0 Å². The Balaban J connectivity index is 2.14. The van der Waals surface area contributed by atoms with Crippen LogP contribution < -0.4 is 14.8 Å². The molecule has 0 aromatic heterocycles. The summed E-state index contributed by atoms with van der Waals surface area (Å²) < 4.78 is 55.4. The third-order valence-electron chi connectivity index (χ3n) is 3.05. The van der Waals surface area contributed by atoms with Gasteiger partial charge in [-0.3, -0.25) is 0 Å². The molecule has 2 rings (SSSR count). The molecule has 0 unspecified atom stereocenters. The highest BCUT2D eigenvalue weighted by molar-refractivity contribution is 7.89. The molecule has 2 N–H and O–H groups in total. The van der Waals surface area contributed by atoms with Gasteiger partial charge in [-0.25, -0.2) is 13.1 Å². The van der Waals surface area contributed by atoms with Crippen LogP contribution in [0.15, 0.2) is 23.1 Å². The Morgan fingerprint density at radius 1 is 1.43 bits per heavy atom. The second-order valence-electron chi connectivity index (χ2n) is 4.64. The van der Waals surface area contributed by atoms with E-state index in [0.29, 0.717) is 6.54 Å². The second kappa shape index (κ2) is 6.87. The fourth-order valence-corrected chi connectivity index (χ4v) is 3.67. The molecule has 1 aromatic carbocycles. The lowest BCUT2D eigenvalue weighted by Gasteiger charge is -2.23. The van der Waals surface area contributed by atoms with E-state index in [2.05, 4.69) is 14.8 Å². The Morgan fingerprint density at radius 3 is 2.76 bits per heavy atom. The van der Waals surface area contributed by atoms with E-state index in [4.69, 9.17) is 11.6 Å². The highest BCUT2D eigenvalue weighted by Crippen LogP contribution is 2.28. The van der Waals surface area contributed by atoms with Gasteiger partial charge in [0.15, 0.2) is 0 Å². The number of hydrogen-bond donors (Lipinski definition) is 2. The number of ether oxygens (including phenoxy) is 1. The molecule has 1 fully saturated rings. The van der Waals surface area contributed by atoms with Crippen LogP contribution >= 0.6 is 11.6 Å². The van der Waals surface area contributed by atoms with E-state index in [-0.39, 0.29) is 21.7 Å². The van der Waals surface area contributed by atoms with Crippen molar-refractivity contribution in [1.29, 1.82) is 0 Å². The second-order valence-corrected chi connectivity index (χ2v) is 6.76. The van der Waals surface area contributed by atoms with Crippen molar-refractivity contribution in [2.75, 3.05) is 13.1 Å². The fraction of sp³-hybridized carbons (Fsp3) is 0.500. The van der Waals surface area contributed by atoms with Crippen LogP contribution in [0.5, 0.6) is 5.75 Å². The first-order valence-corrected chi connectivity index (χ1v) is 8.22. The predicted octanol–water partition coefficient (Wildman–Crippen LogP) is 1.97. The average Bonchev–Trinajstić information content (AvgIpc) is 2.41. The zero-order valence-electron chi connectivity index (χ0n) is 11.0. The maximum atomic E-state index is 12.2. The molecule has 1 atom stereocenters. The molecule has 9 heteroatoms. The van der Waals surface area contributed by atoms with Crippen LogP contribution in [0, 0.1) is 0 Å². The number of rotatable bonds is 5. The van der Waals surface area contributed by atoms with Crippen molar-refractivity contribution < 1.29 is 21.9 Å². The minimum absolute atomic E-state index is 0.0836. The summed E-state index contributed by atoms with van der Waals surface area (Å²) in [7, 11) is -3.75. The Bertz CT molecular complexity index is 592. The number of benzene rings is 1. The van der Waals surface area contributed by atoms with Crippen LogP contribution in [-0.4, -0.2) is 34.2 Å². The van der Waals surface area contributed by atoms with Crippen molar-refractivity contribution in [2.24, 2.45) is 0 Å². The molecular weight excluding hydrogens is 326 g/mol. The number of hydrogen-bond acceptors (Lipinski definition) is 4. The molecule has 1 aromatic rings. The Kier molecular flexibility index (Phi) is 5.37. The SMILES string of the molecule is O=S(=O)(N[C@@H]1CCCNC1)c1ccc(OC(F)F)c(Cl)c1. The van der Waals surface area contributed by atoms with E-state index in [0.717, 1.165) is 31.5 Å². The lowest BCUT2D eigenvalue weighted by molar-refractivity contribution is -0.0498. The maximum Gasteiger partial charge on any atom is 0.387 e. The highest BCUT2D eigenvalue weighted by atomic mass is 35.5. The van der Waals surface area contributed by atoms with E-state index in [9.17, 15) is 17.2 Å². The topological polar surface area (TPSA) is 67.4 Å². The fourth-order valence-electron chi connectivity index (χ4n) is 2.08. The van der Waals surface area contributed by atoms with Crippen molar-refractivity contribution in [3.63, 3.8) is 0 Å². The Morgan fingerprint density at radius 2 is 2.19 bits per heavy atom. The van der Waals surface area contributed by atoms with Gasteiger partial charge in [0.25, 0.3) is 0 Å². The van der Waals surface area contributed by atoms with Crippen molar-refractivity contribution >= 4 is 21.6 Å². The average molecular weight is 341 g/mol. The highest BCUT2D eigenvalue weighted by Gasteiger charge is 2.22. The van der Waals surface area contributed by atoms with Gasteiger partial charge < -0.3 is 10.1 Å². The van der Waals surface area contributed by atoms with Crippen LogP contribution in [0.1, 0.15) is 12.8 Å². The molecule has 0 spiro atoms. The first kappa shape index (κ1) is 16.4. The lowest BCUT2D eigenvalue weighted by atomic mass is 10.1. The van der Waals surface area contributed by atoms with Crippen LogP contribution in [0.25, 0.3) is 0 Å². The van der Waals surface area contributed by atoms with Gasteiger partial charge in [-0.2, -0.15) is 8.78 Å². The molecule has 21 heavy (non-hydrogen) atoms. The summed E-state index contributed by atoms with van der Waals surface area (Å²) in [5.74, 6) is -0.259. The Hall–Kier alpha value is -0.960. The van der Waals surface area contributed by atoms with Crippen molar-refractivity contribution in [3.8, 4) is 5.75 Å². The zero-order valence-corrected chi connectivity index (χ0v) is 12.6. The van der Waals surface area contributed by atoms with Gasteiger partial charge in [0.1, 0.15) is 5.75 Å². The van der Waals surface area contributed by atoms with E-state index in [1.54, 1.807) is 0 Å². The van der Waals surface area contributed by atoms with Gasteiger partial charge in [-0.15, -0.1) is 0 Å². The van der Waals surface area contributed by atoms with Crippen LogP contribution in [-0.2, 0) is 10.0 Å². The van der Waals surface area contributed by atoms with Gasteiger partial charge in [0.2, 0.25) is 10.0 Å². The van der Waals surface area contributed by atoms with Crippen molar-refractivity contribution in [3.05, 3.63) is 23.2 Å². The summed E-state index contributed by atoms with van der Waals surface area (Å²) in [5, 5.41) is 2.91. The molecule has 1 saturated heterocycles. The number of sulfonamides is 1. The normalized spacial score (nSPS) is 19.7. The zero-order chi connectivity index (χ0) is 15.5. The molecule has 1 aliphatic rings. The number of nitrogens with one attached hydrogen (secondary N) is 2. The van der Waals surface area contributed by atoms with Crippen LogP contribution in [0.2, 0.25) is 5.02 Å². The molecule has 0 bridgehead atoms. The van der Waals surface area contributed by atoms with Crippen molar-refractivity contribution in [1.82, 2.24) is 10.0 Å². The van der Waals surface area contributed by atoms with E-state index < -0.39 is 16.6 Å². The molecule has 1 heterocycles. The monoisotopic (exact) mass is 340 g/mol. The van der Waals surface area contributed by atoms with Gasteiger partial charge in [0, 0.05) is 12.6 Å². The van der Waals surface area contributed by atoms with Crippen LogP contribution in [0.4, 0.5) is 8.78 Å². The quantitative estimate of drug-likeness (QED) is 0.860. The summed E-state index contributed by atoms with van der Waals surface area (Å²) in [6, 6.07) is 3.20. The standard InChI is InChI=1S/C12H15ClF2N2O3S/c13-10-6-9(3-4-11(10)20-12(14)15)21(18,19)17-8-2-1-5-16-7-8/h3-4,6,8,12,16-17H,1-2,5,7H2/t8-/m1/s1. The number of alkyl halides is 2. The third-order valence-corrected chi connectivity index (χ3v) is 4.86. The summed E-state index contributed by atoms with van der Waals surface area (Å²) in [6.07, 6.45) is 1.63. The maximum absolute atomic E-state index is 12.2. The molecule has 5 nitrogen and oxygen atoms in total. The van der Waals surface area contributed by atoms with Gasteiger partial charge >= 0.3 is 6.61 Å². The first-order chi connectivity index (χ1) is 9.88. The molecule has 0 aliphatic carbocycles. The molecule has 0 amide bonds.